The van der Waals surface area contributed by atoms with E-state index >= 15 is 0 Å². The van der Waals surface area contributed by atoms with E-state index in [0.717, 1.165) is 0 Å². The second kappa shape index (κ2) is 6.73. The number of ether oxygens (including phenoxy) is 2. The highest BCUT2D eigenvalue weighted by Crippen LogP contribution is 2.28. The summed E-state index contributed by atoms with van der Waals surface area (Å²) < 4.78 is 11.8. The van der Waals surface area contributed by atoms with Crippen molar-refractivity contribution in [3.05, 3.63) is 69.2 Å². The van der Waals surface area contributed by atoms with E-state index in [1.807, 2.05) is 0 Å². The minimum absolute atomic E-state index is 0.111. The predicted octanol–water partition coefficient (Wildman–Crippen LogP) is 2.04. The first-order valence-electron chi connectivity index (χ1n) is 7.91. The highest BCUT2D eigenvalue weighted by atomic mass is 35.5. The fourth-order valence-electron chi connectivity index (χ4n) is 2.62. The Labute approximate surface area is 157 Å². The summed E-state index contributed by atoms with van der Waals surface area (Å²) in [6.07, 6.45) is 1.47. The monoisotopic (exact) mass is 385 g/mol. The van der Waals surface area contributed by atoms with E-state index < -0.39 is 5.97 Å². The van der Waals surface area contributed by atoms with Crippen LogP contribution in [-0.2, 0) is 16.1 Å². The third kappa shape index (κ3) is 3.47. The first kappa shape index (κ1) is 17.0. The van der Waals surface area contributed by atoms with E-state index in [0.29, 0.717) is 27.8 Å². The number of carbonyl (C=O) groups excluding carboxylic acids is 2. The smallest absolute Gasteiger partial charge is 0.338 e. The molecule has 3 aromatic rings. The van der Waals surface area contributed by atoms with Crippen LogP contribution in [0.4, 0.5) is 5.69 Å². The van der Waals surface area contributed by atoms with E-state index in [1.165, 1.54) is 28.8 Å². The molecule has 0 atom stereocenters. The number of hydrogen-bond donors (Lipinski definition) is 1. The highest BCUT2D eigenvalue weighted by Gasteiger charge is 2.18. The van der Waals surface area contributed by atoms with Crippen LogP contribution in [0.2, 0.25) is 5.02 Å². The summed E-state index contributed by atoms with van der Waals surface area (Å²) in [5.41, 5.74) is 1.14. The number of carbonyl (C=O) groups is 2. The van der Waals surface area contributed by atoms with Crippen LogP contribution in [0.15, 0.2) is 47.4 Å². The van der Waals surface area contributed by atoms with Crippen LogP contribution in [0.3, 0.4) is 0 Å². The molecule has 0 aliphatic carbocycles. The summed E-state index contributed by atoms with van der Waals surface area (Å²) in [5.74, 6) is -0.466. The van der Waals surface area contributed by atoms with Gasteiger partial charge in [-0.15, -0.1) is 0 Å². The molecule has 3 heterocycles. The molecule has 1 aliphatic heterocycles. The molecule has 4 rings (SSSR count). The molecular formula is C18H12ClN3O5. The van der Waals surface area contributed by atoms with Gasteiger partial charge >= 0.3 is 5.97 Å². The Kier molecular flexibility index (Phi) is 4.25. The molecule has 0 saturated carbocycles. The number of rotatable bonds is 3. The standard InChI is InChI=1S/C18H12ClN3O5/c19-11-2-4-15-20-12(6-17(24)22(15)7-11)8-27-18(25)10-1-3-13-14(5-10)26-9-16(23)21-13/h1-7H,8-9H2,(H,21,23). The maximum atomic E-state index is 12.3. The van der Waals surface area contributed by atoms with Crippen LogP contribution in [0.25, 0.3) is 5.65 Å². The molecule has 0 radical (unpaired) electrons. The van der Waals surface area contributed by atoms with Gasteiger partial charge in [0.15, 0.2) is 6.61 Å². The summed E-state index contributed by atoms with van der Waals surface area (Å²) in [4.78, 5) is 39.9. The zero-order valence-corrected chi connectivity index (χ0v) is 14.5. The Morgan fingerprint density at radius 3 is 2.96 bits per heavy atom. The third-order valence-electron chi connectivity index (χ3n) is 3.88. The minimum atomic E-state index is -0.601. The van der Waals surface area contributed by atoms with Crippen LogP contribution in [-0.4, -0.2) is 27.9 Å². The van der Waals surface area contributed by atoms with Crippen molar-refractivity contribution in [3.8, 4) is 5.75 Å². The molecule has 1 aliphatic rings. The lowest BCUT2D eigenvalue weighted by atomic mass is 10.1. The number of nitrogens with one attached hydrogen (secondary N) is 1. The summed E-state index contributed by atoms with van der Waals surface area (Å²) in [6, 6.07) is 9.06. The van der Waals surface area contributed by atoms with Crippen LogP contribution in [0, 0.1) is 0 Å². The summed E-state index contributed by atoms with van der Waals surface area (Å²) in [6.45, 7) is -0.275. The van der Waals surface area contributed by atoms with Gasteiger partial charge in [0.05, 0.1) is 22.0 Å². The van der Waals surface area contributed by atoms with Gasteiger partial charge in [-0.1, -0.05) is 11.6 Å². The van der Waals surface area contributed by atoms with Crippen molar-refractivity contribution in [3.63, 3.8) is 0 Å². The lowest BCUT2D eigenvalue weighted by Gasteiger charge is -2.18. The van der Waals surface area contributed by atoms with Crippen LogP contribution in [0.5, 0.6) is 5.75 Å². The summed E-state index contributed by atoms with van der Waals surface area (Å²) in [7, 11) is 0. The fraction of sp³-hybridized carbons (Fsp3) is 0.111. The van der Waals surface area contributed by atoms with Crippen molar-refractivity contribution in [2.24, 2.45) is 0 Å². The fourth-order valence-corrected chi connectivity index (χ4v) is 2.79. The predicted molar refractivity (Wildman–Crippen MR) is 96.2 cm³/mol. The minimum Gasteiger partial charge on any atom is -0.482 e. The molecule has 0 saturated heterocycles. The average molecular weight is 386 g/mol. The Hall–Kier alpha value is -3.39. The number of pyridine rings is 1. The second-order valence-electron chi connectivity index (χ2n) is 5.79. The van der Waals surface area contributed by atoms with Gasteiger partial charge in [-0.2, -0.15) is 0 Å². The zero-order chi connectivity index (χ0) is 19.0. The Morgan fingerprint density at radius 1 is 1.26 bits per heavy atom. The highest BCUT2D eigenvalue weighted by molar-refractivity contribution is 6.30. The Bertz CT molecular complexity index is 1140. The van der Waals surface area contributed by atoms with Gasteiger partial charge in [0.1, 0.15) is 18.0 Å². The molecule has 1 aromatic carbocycles. The molecule has 9 heteroatoms. The van der Waals surface area contributed by atoms with E-state index in [9.17, 15) is 14.4 Å². The lowest BCUT2D eigenvalue weighted by Crippen LogP contribution is -2.25. The first-order valence-corrected chi connectivity index (χ1v) is 8.29. The number of benzene rings is 1. The maximum absolute atomic E-state index is 12.3. The molecule has 2 aromatic heterocycles. The van der Waals surface area contributed by atoms with Gasteiger partial charge in [-0.3, -0.25) is 14.0 Å². The van der Waals surface area contributed by atoms with E-state index in [-0.39, 0.29) is 30.2 Å². The van der Waals surface area contributed by atoms with Crippen molar-refractivity contribution in [1.29, 1.82) is 0 Å². The van der Waals surface area contributed by atoms with E-state index in [1.54, 1.807) is 18.2 Å². The summed E-state index contributed by atoms with van der Waals surface area (Å²) >= 11 is 5.87. The first-order chi connectivity index (χ1) is 13.0. The van der Waals surface area contributed by atoms with Gasteiger partial charge in [-0.25, -0.2) is 9.78 Å². The number of amides is 1. The topological polar surface area (TPSA) is 99.0 Å². The van der Waals surface area contributed by atoms with Gasteiger partial charge in [-0.05, 0) is 30.3 Å². The Morgan fingerprint density at radius 2 is 2.11 bits per heavy atom. The normalized spacial score (nSPS) is 12.9. The second-order valence-corrected chi connectivity index (χ2v) is 6.22. The van der Waals surface area contributed by atoms with E-state index in [2.05, 4.69) is 10.3 Å². The number of nitrogens with zero attached hydrogens (tertiary/aromatic N) is 2. The molecule has 0 fully saturated rings. The van der Waals surface area contributed by atoms with Crippen LogP contribution >= 0.6 is 11.6 Å². The van der Waals surface area contributed by atoms with Crippen molar-refractivity contribution in [2.75, 3.05) is 11.9 Å². The van der Waals surface area contributed by atoms with Crippen molar-refractivity contribution in [1.82, 2.24) is 9.38 Å². The van der Waals surface area contributed by atoms with Crippen LogP contribution in [0.1, 0.15) is 16.1 Å². The van der Waals surface area contributed by atoms with E-state index in [4.69, 9.17) is 21.1 Å². The molecule has 0 unspecified atom stereocenters. The third-order valence-corrected chi connectivity index (χ3v) is 4.10. The lowest BCUT2D eigenvalue weighted by molar-refractivity contribution is -0.118. The quantitative estimate of drug-likeness (QED) is 0.693. The molecule has 0 bridgehead atoms. The van der Waals surface area contributed by atoms with Gasteiger partial charge in [0.25, 0.3) is 11.5 Å². The average Bonchev–Trinajstić information content (AvgIpc) is 2.66. The zero-order valence-electron chi connectivity index (χ0n) is 13.8. The van der Waals surface area contributed by atoms with Gasteiger partial charge in [0.2, 0.25) is 0 Å². The number of anilines is 1. The molecule has 27 heavy (non-hydrogen) atoms. The van der Waals surface area contributed by atoms with Gasteiger partial charge < -0.3 is 14.8 Å². The van der Waals surface area contributed by atoms with Crippen molar-refractivity contribution >= 4 is 34.8 Å². The number of fused-ring (bicyclic) bond motifs is 2. The molecule has 1 amide bonds. The SMILES string of the molecule is O=C1COc2cc(C(=O)OCc3cc(=O)n4cc(Cl)ccc4n3)ccc2N1. The molecule has 0 spiro atoms. The number of halogens is 1. The molecule has 8 nitrogen and oxygen atoms in total. The molecular weight excluding hydrogens is 374 g/mol. The number of hydrogen-bond acceptors (Lipinski definition) is 6. The number of esters is 1. The molecule has 136 valence electrons. The van der Waals surface area contributed by atoms with Crippen molar-refractivity contribution < 1.29 is 19.1 Å². The van der Waals surface area contributed by atoms with Gasteiger partial charge in [0, 0.05) is 12.3 Å². The summed E-state index contributed by atoms with van der Waals surface area (Å²) in [5, 5.41) is 3.05. The maximum Gasteiger partial charge on any atom is 0.338 e. The largest absolute Gasteiger partial charge is 0.482 e. The van der Waals surface area contributed by atoms with Crippen LogP contribution < -0.4 is 15.6 Å². The van der Waals surface area contributed by atoms with Crippen molar-refractivity contribution in [2.45, 2.75) is 6.61 Å². The number of aromatic nitrogens is 2. The molecule has 1 N–H and O–H groups in total. The Balaban J connectivity index is 1.51.